The first-order valence-electron chi connectivity index (χ1n) is 8.90. The standard InChI is InChI=1S/C22H22N2O4S/c1-5-11-28-17-8-6-7-16(13-17)24-21(25)20-14(2)23-22(29-20)15-9-10-18(26-3)19(12-15)27-4/h5-10,12-13H,1,11H2,2-4H3,(H,24,25). The molecule has 0 fully saturated rings. The molecule has 7 heteroatoms. The van der Waals surface area contributed by atoms with Gasteiger partial charge in [-0.2, -0.15) is 0 Å². The summed E-state index contributed by atoms with van der Waals surface area (Å²) >= 11 is 1.33. The Morgan fingerprint density at radius 2 is 1.97 bits per heavy atom. The predicted octanol–water partition coefficient (Wildman–Crippen LogP) is 4.95. The highest BCUT2D eigenvalue weighted by Gasteiger charge is 2.18. The van der Waals surface area contributed by atoms with Gasteiger partial charge in [0.05, 0.1) is 19.9 Å². The van der Waals surface area contributed by atoms with Gasteiger partial charge in [-0.1, -0.05) is 18.7 Å². The minimum absolute atomic E-state index is 0.215. The Hall–Kier alpha value is -3.32. The van der Waals surface area contributed by atoms with Crippen molar-refractivity contribution in [2.75, 3.05) is 26.1 Å². The number of aromatic nitrogens is 1. The number of rotatable bonds is 8. The molecule has 1 aromatic heterocycles. The van der Waals surface area contributed by atoms with Crippen molar-refractivity contribution in [1.29, 1.82) is 0 Å². The maximum Gasteiger partial charge on any atom is 0.267 e. The monoisotopic (exact) mass is 410 g/mol. The molecule has 6 nitrogen and oxygen atoms in total. The lowest BCUT2D eigenvalue weighted by Gasteiger charge is -2.08. The van der Waals surface area contributed by atoms with E-state index in [0.717, 1.165) is 10.6 Å². The van der Waals surface area contributed by atoms with Crippen molar-refractivity contribution in [2.24, 2.45) is 0 Å². The van der Waals surface area contributed by atoms with E-state index in [1.807, 2.05) is 43.3 Å². The fourth-order valence-corrected chi connectivity index (χ4v) is 3.66. The predicted molar refractivity (Wildman–Crippen MR) is 115 cm³/mol. The number of anilines is 1. The summed E-state index contributed by atoms with van der Waals surface area (Å²) in [5.41, 5.74) is 2.17. The summed E-state index contributed by atoms with van der Waals surface area (Å²) in [4.78, 5) is 17.9. The zero-order chi connectivity index (χ0) is 20.8. The fraction of sp³-hybridized carbons (Fsp3) is 0.182. The highest BCUT2D eigenvalue weighted by molar-refractivity contribution is 7.17. The number of aryl methyl sites for hydroxylation is 1. The molecule has 0 aliphatic heterocycles. The molecule has 150 valence electrons. The van der Waals surface area contributed by atoms with Gasteiger partial charge in [-0.3, -0.25) is 4.79 Å². The minimum Gasteiger partial charge on any atom is -0.493 e. The van der Waals surface area contributed by atoms with E-state index in [9.17, 15) is 4.79 Å². The van der Waals surface area contributed by atoms with Gasteiger partial charge in [0, 0.05) is 17.3 Å². The molecule has 0 saturated heterocycles. The Labute approximate surface area is 173 Å². The summed E-state index contributed by atoms with van der Waals surface area (Å²) in [7, 11) is 3.17. The lowest BCUT2D eigenvalue weighted by Crippen LogP contribution is -2.11. The SMILES string of the molecule is C=CCOc1cccc(NC(=O)c2sc(-c3ccc(OC)c(OC)c3)nc2C)c1. The molecule has 29 heavy (non-hydrogen) atoms. The van der Waals surface area contributed by atoms with Gasteiger partial charge in [0.25, 0.3) is 5.91 Å². The Morgan fingerprint density at radius 1 is 1.17 bits per heavy atom. The third-order valence-corrected chi connectivity index (χ3v) is 5.30. The van der Waals surface area contributed by atoms with E-state index in [4.69, 9.17) is 14.2 Å². The van der Waals surface area contributed by atoms with Gasteiger partial charge in [-0.25, -0.2) is 4.98 Å². The first kappa shape index (κ1) is 20.4. The molecular weight excluding hydrogens is 388 g/mol. The summed E-state index contributed by atoms with van der Waals surface area (Å²) < 4.78 is 16.1. The zero-order valence-corrected chi connectivity index (χ0v) is 17.3. The van der Waals surface area contributed by atoms with Crippen LogP contribution in [0.1, 0.15) is 15.4 Å². The van der Waals surface area contributed by atoms with Gasteiger partial charge in [0.2, 0.25) is 0 Å². The highest BCUT2D eigenvalue weighted by Crippen LogP contribution is 2.35. The number of nitrogens with one attached hydrogen (secondary N) is 1. The minimum atomic E-state index is -0.215. The molecule has 0 saturated carbocycles. The summed E-state index contributed by atoms with van der Waals surface area (Å²) in [5.74, 6) is 1.70. The van der Waals surface area contributed by atoms with Gasteiger partial charge in [-0.15, -0.1) is 11.3 Å². The fourth-order valence-electron chi connectivity index (χ4n) is 2.71. The molecule has 0 atom stereocenters. The number of nitrogens with zero attached hydrogens (tertiary/aromatic N) is 1. The molecule has 0 spiro atoms. The maximum absolute atomic E-state index is 12.8. The lowest BCUT2D eigenvalue weighted by atomic mass is 10.2. The largest absolute Gasteiger partial charge is 0.493 e. The van der Waals surface area contributed by atoms with E-state index in [0.29, 0.717) is 40.1 Å². The average molecular weight is 410 g/mol. The number of methoxy groups -OCH3 is 2. The van der Waals surface area contributed by atoms with Crippen LogP contribution in [0.25, 0.3) is 10.6 Å². The molecular formula is C22H22N2O4S. The van der Waals surface area contributed by atoms with Crippen molar-refractivity contribution in [3.8, 4) is 27.8 Å². The van der Waals surface area contributed by atoms with Gasteiger partial charge in [0.15, 0.2) is 11.5 Å². The molecule has 1 heterocycles. The van der Waals surface area contributed by atoms with Crippen LogP contribution < -0.4 is 19.5 Å². The quantitative estimate of drug-likeness (QED) is 0.532. The molecule has 3 aromatic rings. The van der Waals surface area contributed by atoms with Crippen LogP contribution in [0.3, 0.4) is 0 Å². The molecule has 3 rings (SSSR count). The number of carbonyl (C=O) groups is 1. The normalized spacial score (nSPS) is 10.3. The smallest absolute Gasteiger partial charge is 0.267 e. The van der Waals surface area contributed by atoms with Crippen LogP contribution in [0.5, 0.6) is 17.2 Å². The number of benzene rings is 2. The van der Waals surface area contributed by atoms with Crippen molar-refractivity contribution in [1.82, 2.24) is 4.98 Å². The average Bonchev–Trinajstić information content (AvgIpc) is 3.13. The number of amides is 1. The molecule has 0 aliphatic rings. The molecule has 1 amide bonds. The number of thiazole rings is 1. The number of ether oxygens (including phenoxy) is 3. The zero-order valence-electron chi connectivity index (χ0n) is 16.5. The van der Waals surface area contributed by atoms with E-state index in [1.165, 1.54) is 11.3 Å². The number of carbonyl (C=O) groups excluding carboxylic acids is 1. The molecule has 0 unspecified atom stereocenters. The van der Waals surface area contributed by atoms with Crippen molar-refractivity contribution in [3.63, 3.8) is 0 Å². The number of hydrogen-bond acceptors (Lipinski definition) is 6. The molecule has 1 N–H and O–H groups in total. The Morgan fingerprint density at radius 3 is 2.69 bits per heavy atom. The Balaban J connectivity index is 1.81. The van der Waals surface area contributed by atoms with Crippen molar-refractivity contribution < 1.29 is 19.0 Å². The van der Waals surface area contributed by atoms with E-state index >= 15 is 0 Å². The van der Waals surface area contributed by atoms with Gasteiger partial charge in [-0.05, 0) is 37.3 Å². The van der Waals surface area contributed by atoms with Crippen molar-refractivity contribution in [3.05, 3.63) is 65.7 Å². The molecule has 0 radical (unpaired) electrons. The second-order valence-electron chi connectivity index (χ2n) is 6.08. The summed E-state index contributed by atoms with van der Waals surface area (Å²) in [6.07, 6.45) is 1.67. The Bertz CT molecular complexity index is 1030. The molecule has 0 bridgehead atoms. The third-order valence-electron chi connectivity index (χ3n) is 4.09. The lowest BCUT2D eigenvalue weighted by molar-refractivity contribution is 0.103. The van der Waals surface area contributed by atoms with Crippen molar-refractivity contribution >= 4 is 22.9 Å². The number of hydrogen-bond donors (Lipinski definition) is 1. The van der Waals surface area contributed by atoms with Crippen LogP contribution in [0.4, 0.5) is 5.69 Å². The second kappa shape index (κ2) is 9.25. The van der Waals surface area contributed by atoms with Crippen LogP contribution in [-0.2, 0) is 0 Å². The van der Waals surface area contributed by atoms with Crippen molar-refractivity contribution in [2.45, 2.75) is 6.92 Å². The van der Waals surface area contributed by atoms with Gasteiger partial charge in [0.1, 0.15) is 22.2 Å². The van der Waals surface area contributed by atoms with Crippen LogP contribution in [0.15, 0.2) is 55.1 Å². The van der Waals surface area contributed by atoms with Gasteiger partial charge < -0.3 is 19.5 Å². The van der Waals surface area contributed by atoms with E-state index in [-0.39, 0.29) is 5.91 Å². The maximum atomic E-state index is 12.8. The van der Waals surface area contributed by atoms with E-state index < -0.39 is 0 Å². The summed E-state index contributed by atoms with van der Waals surface area (Å²) in [6, 6.07) is 12.8. The first-order chi connectivity index (χ1) is 14.0. The van der Waals surface area contributed by atoms with Crippen LogP contribution >= 0.6 is 11.3 Å². The van der Waals surface area contributed by atoms with Crippen LogP contribution in [0, 0.1) is 6.92 Å². The molecule has 2 aromatic carbocycles. The first-order valence-corrected chi connectivity index (χ1v) is 9.72. The third kappa shape index (κ3) is 4.75. The van der Waals surface area contributed by atoms with E-state index in [1.54, 1.807) is 26.4 Å². The molecule has 0 aliphatic carbocycles. The van der Waals surface area contributed by atoms with Gasteiger partial charge >= 0.3 is 0 Å². The topological polar surface area (TPSA) is 69.7 Å². The Kier molecular flexibility index (Phi) is 6.51. The summed E-state index contributed by atoms with van der Waals surface area (Å²) in [6.45, 7) is 5.85. The van der Waals surface area contributed by atoms with E-state index in [2.05, 4.69) is 16.9 Å². The van der Waals surface area contributed by atoms with Crippen LogP contribution in [0.2, 0.25) is 0 Å². The second-order valence-corrected chi connectivity index (χ2v) is 7.08. The summed E-state index contributed by atoms with van der Waals surface area (Å²) in [5, 5.41) is 3.64. The highest BCUT2D eigenvalue weighted by atomic mass is 32.1. The van der Waals surface area contributed by atoms with Crippen LogP contribution in [-0.4, -0.2) is 31.7 Å².